The van der Waals surface area contributed by atoms with Crippen LogP contribution in [0.5, 0.6) is 0 Å². The molecule has 0 aliphatic carbocycles. The van der Waals surface area contributed by atoms with Gasteiger partial charge in [-0.25, -0.2) is 9.48 Å². The smallest absolute Gasteiger partial charge is 0.340 e. The van der Waals surface area contributed by atoms with E-state index in [4.69, 9.17) is 27.8 Å². The first-order chi connectivity index (χ1) is 9.93. The van der Waals surface area contributed by atoms with E-state index in [0.29, 0.717) is 5.69 Å². The van der Waals surface area contributed by atoms with Crippen LogP contribution in [0.1, 0.15) is 27.6 Å². The number of aromatic nitrogens is 2. The molecule has 0 atom stereocenters. The summed E-state index contributed by atoms with van der Waals surface area (Å²) in [7, 11) is 0. The molecule has 0 fully saturated rings. The van der Waals surface area contributed by atoms with Crippen LogP contribution in [0.4, 0.5) is 5.69 Å². The Balaban J connectivity index is 2.60. The van der Waals surface area contributed by atoms with Crippen molar-refractivity contribution in [3.8, 4) is 5.69 Å². The summed E-state index contributed by atoms with van der Waals surface area (Å²) in [6.45, 7) is 1.89. The van der Waals surface area contributed by atoms with Gasteiger partial charge in [-0.3, -0.25) is 4.79 Å². The molecule has 0 bridgehead atoms. The van der Waals surface area contributed by atoms with Crippen LogP contribution < -0.4 is 11.5 Å². The zero-order valence-electron chi connectivity index (χ0n) is 11.2. The maximum atomic E-state index is 12.0. The lowest BCUT2D eigenvalue weighted by atomic mass is 10.1. The van der Waals surface area contributed by atoms with Crippen LogP contribution in [0.25, 0.3) is 5.69 Å². The minimum absolute atomic E-state index is 0.154. The molecular weight excluding hydrogens is 296 g/mol. The van der Waals surface area contributed by atoms with Crippen molar-refractivity contribution < 1.29 is 14.3 Å². The van der Waals surface area contributed by atoms with Crippen molar-refractivity contribution in [1.82, 2.24) is 9.78 Å². The lowest BCUT2D eigenvalue weighted by Crippen LogP contribution is -2.12. The topological polar surface area (TPSA) is 113 Å². The molecule has 2 rings (SSSR count). The number of nitrogen functional groups attached to an aromatic ring is 1. The van der Waals surface area contributed by atoms with Gasteiger partial charge in [0.2, 0.25) is 0 Å². The number of benzene rings is 1. The Bertz CT molecular complexity index is 711. The molecule has 21 heavy (non-hydrogen) atoms. The first-order valence-corrected chi connectivity index (χ1v) is 6.42. The zero-order chi connectivity index (χ0) is 15.6. The van der Waals surface area contributed by atoms with E-state index in [2.05, 4.69) is 5.10 Å². The molecule has 4 N–H and O–H groups in total. The second kappa shape index (κ2) is 5.84. The SMILES string of the molecule is CCOC(=O)c1cc(N)cc(Cl)c1-n1cc(C(N)=O)cn1. The van der Waals surface area contributed by atoms with Crippen molar-refractivity contribution in [2.75, 3.05) is 12.3 Å². The number of rotatable bonds is 4. The van der Waals surface area contributed by atoms with Crippen LogP contribution in [-0.2, 0) is 4.74 Å². The van der Waals surface area contributed by atoms with E-state index in [-0.39, 0.29) is 28.4 Å². The molecule has 0 aliphatic heterocycles. The molecule has 0 radical (unpaired) electrons. The molecule has 0 saturated heterocycles. The highest BCUT2D eigenvalue weighted by Crippen LogP contribution is 2.28. The van der Waals surface area contributed by atoms with Crippen molar-refractivity contribution in [3.05, 3.63) is 40.7 Å². The fraction of sp³-hybridized carbons (Fsp3) is 0.154. The van der Waals surface area contributed by atoms with Gasteiger partial charge in [0.05, 0.1) is 34.6 Å². The number of primary amides is 1. The van der Waals surface area contributed by atoms with Crippen molar-refractivity contribution in [2.45, 2.75) is 6.92 Å². The second-order valence-corrected chi connectivity index (χ2v) is 4.56. The van der Waals surface area contributed by atoms with Gasteiger partial charge in [-0.05, 0) is 19.1 Å². The van der Waals surface area contributed by atoms with Gasteiger partial charge >= 0.3 is 5.97 Å². The molecule has 110 valence electrons. The Morgan fingerprint density at radius 2 is 2.14 bits per heavy atom. The Labute approximate surface area is 125 Å². The van der Waals surface area contributed by atoms with Gasteiger partial charge < -0.3 is 16.2 Å². The van der Waals surface area contributed by atoms with Gasteiger partial charge in [-0.2, -0.15) is 5.10 Å². The first kappa shape index (κ1) is 14.9. The average Bonchev–Trinajstić information content (AvgIpc) is 2.87. The molecule has 7 nitrogen and oxygen atoms in total. The molecular formula is C13H13ClN4O3. The van der Waals surface area contributed by atoms with E-state index in [0.717, 1.165) is 0 Å². The van der Waals surface area contributed by atoms with Crippen LogP contribution in [0.15, 0.2) is 24.5 Å². The summed E-state index contributed by atoms with van der Waals surface area (Å²) in [5.74, 6) is -1.22. The molecule has 1 aromatic heterocycles. The summed E-state index contributed by atoms with van der Waals surface area (Å²) in [4.78, 5) is 23.1. The number of ether oxygens (including phenoxy) is 1. The first-order valence-electron chi connectivity index (χ1n) is 6.05. The number of halogens is 1. The highest BCUT2D eigenvalue weighted by molar-refractivity contribution is 6.33. The van der Waals surface area contributed by atoms with Crippen LogP contribution in [0.3, 0.4) is 0 Å². The monoisotopic (exact) mass is 308 g/mol. The Morgan fingerprint density at radius 3 is 2.71 bits per heavy atom. The molecule has 1 amide bonds. The fourth-order valence-corrected chi connectivity index (χ4v) is 2.10. The third-order valence-electron chi connectivity index (χ3n) is 2.68. The molecule has 8 heteroatoms. The van der Waals surface area contributed by atoms with E-state index in [1.807, 2.05) is 0 Å². The number of carbonyl (C=O) groups is 2. The summed E-state index contributed by atoms with van der Waals surface area (Å²) in [6, 6.07) is 2.91. The lowest BCUT2D eigenvalue weighted by molar-refractivity contribution is 0.0526. The second-order valence-electron chi connectivity index (χ2n) is 4.16. The summed E-state index contributed by atoms with van der Waals surface area (Å²) in [5.41, 5.74) is 11.8. The molecule has 1 aromatic carbocycles. The normalized spacial score (nSPS) is 10.4. The Morgan fingerprint density at radius 1 is 1.43 bits per heavy atom. The minimum Gasteiger partial charge on any atom is -0.462 e. The number of nitrogens with two attached hydrogens (primary N) is 2. The quantitative estimate of drug-likeness (QED) is 0.654. The van der Waals surface area contributed by atoms with Gasteiger partial charge in [0.15, 0.2) is 0 Å². The highest BCUT2D eigenvalue weighted by Gasteiger charge is 2.19. The van der Waals surface area contributed by atoms with E-state index in [1.165, 1.54) is 29.2 Å². The van der Waals surface area contributed by atoms with Gasteiger partial charge in [0, 0.05) is 11.9 Å². The maximum absolute atomic E-state index is 12.0. The number of hydrogen-bond acceptors (Lipinski definition) is 5. The third-order valence-corrected chi connectivity index (χ3v) is 2.97. The van der Waals surface area contributed by atoms with Crippen LogP contribution in [-0.4, -0.2) is 28.3 Å². The number of anilines is 1. The fourth-order valence-electron chi connectivity index (χ4n) is 1.79. The van der Waals surface area contributed by atoms with E-state index >= 15 is 0 Å². The summed E-state index contributed by atoms with van der Waals surface area (Å²) in [5, 5.41) is 4.19. The van der Waals surface area contributed by atoms with Gasteiger partial charge in [0.25, 0.3) is 5.91 Å². The van der Waals surface area contributed by atoms with Gasteiger partial charge in [0.1, 0.15) is 0 Å². The molecule has 2 aromatic rings. The number of carbonyl (C=O) groups excluding carboxylic acids is 2. The number of nitrogens with zero attached hydrogens (tertiary/aromatic N) is 2. The molecule has 1 heterocycles. The molecule has 0 saturated carbocycles. The molecule has 0 unspecified atom stereocenters. The summed E-state index contributed by atoms with van der Waals surface area (Å²) in [6.07, 6.45) is 2.66. The summed E-state index contributed by atoms with van der Waals surface area (Å²) >= 11 is 6.14. The van der Waals surface area contributed by atoms with Crippen molar-refractivity contribution in [3.63, 3.8) is 0 Å². The number of esters is 1. The lowest BCUT2D eigenvalue weighted by Gasteiger charge is -2.11. The van der Waals surface area contributed by atoms with Crippen LogP contribution in [0.2, 0.25) is 5.02 Å². The Hall–Kier alpha value is -2.54. The molecule has 0 spiro atoms. The zero-order valence-corrected chi connectivity index (χ0v) is 11.9. The van der Waals surface area contributed by atoms with E-state index < -0.39 is 11.9 Å². The molecule has 0 aliphatic rings. The maximum Gasteiger partial charge on any atom is 0.340 e. The third kappa shape index (κ3) is 2.97. The van der Waals surface area contributed by atoms with Gasteiger partial charge in [-0.1, -0.05) is 11.6 Å². The van der Waals surface area contributed by atoms with Crippen LogP contribution >= 0.6 is 11.6 Å². The highest BCUT2D eigenvalue weighted by atomic mass is 35.5. The average molecular weight is 309 g/mol. The predicted molar refractivity (Wildman–Crippen MR) is 77.5 cm³/mol. The van der Waals surface area contributed by atoms with Crippen LogP contribution in [0, 0.1) is 0 Å². The van der Waals surface area contributed by atoms with E-state index in [9.17, 15) is 9.59 Å². The standard InChI is InChI=1S/C13H13ClN4O3/c1-2-21-13(20)9-3-8(15)4-10(14)11(9)18-6-7(5-17-18)12(16)19/h3-6H,2,15H2,1H3,(H2,16,19). The Kier molecular flexibility index (Phi) is 4.13. The number of hydrogen-bond donors (Lipinski definition) is 2. The van der Waals surface area contributed by atoms with Crippen molar-refractivity contribution in [2.24, 2.45) is 5.73 Å². The largest absolute Gasteiger partial charge is 0.462 e. The minimum atomic E-state index is -0.634. The van der Waals surface area contributed by atoms with Gasteiger partial charge in [-0.15, -0.1) is 0 Å². The van der Waals surface area contributed by atoms with E-state index in [1.54, 1.807) is 6.92 Å². The van der Waals surface area contributed by atoms with Crippen molar-refractivity contribution >= 4 is 29.2 Å². The predicted octanol–water partition coefficient (Wildman–Crippen LogP) is 1.38. The summed E-state index contributed by atoms with van der Waals surface area (Å²) < 4.78 is 6.25. The van der Waals surface area contributed by atoms with Crippen molar-refractivity contribution in [1.29, 1.82) is 0 Å². The number of amides is 1.